The highest BCUT2D eigenvalue weighted by molar-refractivity contribution is 9.10. The largest absolute Gasteiger partial charge is 0.494 e. The SMILES string of the molecule is [C-]#[N+]c1ccc2c(c1)OCC[C@H]2N1CCN(c2ccc(Br)cc2C#N)[C@H](c2ccc(Cl)cc2)C1. The number of nitrogens with zero attached hydrogens (tertiary/aromatic N) is 4. The fourth-order valence-electron chi connectivity index (χ4n) is 5.00. The molecule has 0 N–H and O–H groups in total. The first kappa shape index (κ1) is 22.7. The number of hydrogen-bond donors (Lipinski definition) is 0. The molecule has 0 bridgehead atoms. The van der Waals surface area contributed by atoms with Gasteiger partial charge < -0.3 is 9.64 Å². The van der Waals surface area contributed by atoms with Crippen molar-refractivity contribution >= 4 is 38.9 Å². The van der Waals surface area contributed by atoms with Crippen LogP contribution in [0, 0.1) is 17.9 Å². The number of benzene rings is 3. The molecular formula is C27H22BrClN4O. The first-order valence-corrected chi connectivity index (χ1v) is 12.3. The minimum Gasteiger partial charge on any atom is -0.494 e. The summed E-state index contributed by atoms with van der Waals surface area (Å²) in [4.78, 5) is 8.40. The van der Waals surface area contributed by atoms with Crippen molar-refractivity contribution in [3.05, 3.63) is 98.3 Å². The van der Waals surface area contributed by atoms with Crippen LogP contribution in [0.2, 0.25) is 5.02 Å². The third-order valence-electron chi connectivity index (χ3n) is 6.63. The molecular weight excluding hydrogens is 512 g/mol. The van der Waals surface area contributed by atoms with Gasteiger partial charge in [0, 0.05) is 47.2 Å². The van der Waals surface area contributed by atoms with Crippen LogP contribution in [0.5, 0.6) is 5.75 Å². The molecule has 170 valence electrons. The first-order chi connectivity index (χ1) is 16.6. The number of fused-ring (bicyclic) bond motifs is 1. The maximum absolute atomic E-state index is 9.81. The Bertz CT molecular complexity index is 1300. The van der Waals surface area contributed by atoms with Crippen molar-refractivity contribution in [1.29, 1.82) is 5.26 Å². The van der Waals surface area contributed by atoms with E-state index in [2.05, 4.69) is 48.8 Å². The molecule has 2 aliphatic rings. The number of halogens is 2. The van der Waals surface area contributed by atoms with E-state index >= 15 is 0 Å². The van der Waals surface area contributed by atoms with Crippen molar-refractivity contribution in [3.8, 4) is 11.8 Å². The fourth-order valence-corrected chi connectivity index (χ4v) is 5.49. The van der Waals surface area contributed by atoms with Crippen LogP contribution in [-0.4, -0.2) is 31.1 Å². The average Bonchev–Trinajstić information content (AvgIpc) is 2.88. The van der Waals surface area contributed by atoms with Gasteiger partial charge in [-0.15, -0.1) is 0 Å². The standard InChI is InChI=1S/C27H22BrClN4O/c1-31-22-7-8-23-25(10-13-34-27(23)15-22)32-11-12-33(24-9-4-20(28)14-19(24)16-30)26(17-32)18-2-5-21(29)6-3-18/h2-9,14-15,25-26H,10-13,17H2/t25-,26+/m1/s1. The molecule has 1 fully saturated rings. The molecule has 3 aromatic carbocycles. The quantitative estimate of drug-likeness (QED) is 0.343. The van der Waals surface area contributed by atoms with Gasteiger partial charge in [-0.1, -0.05) is 51.8 Å². The fraction of sp³-hybridized carbons (Fsp3) is 0.259. The molecule has 0 aromatic heterocycles. The lowest BCUT2D eigenvalue weighted by atomic mass is 9.94. The number of rotatable bonds is 3. The van der Waals surface area contributed by atoms with Crippen molar-refractivity contribution in [2.45, 2.75) is 18.5 Å². The number of anilines is 1. The Morgan fingerprint density at radius 2 is 1.88 bits per heavy atom. The Morgan fingerprint density at radius 1 is 1.06 bits per heavy atom. The summed E-state index contributed by atoms with van der Waals surface area (Å²) in [7, 11) is 0. The van der Waals surface area contributed by atoms with Crippen LogP contribution in [0.15, 0.2) is 65.1 Å². The molecule has 7 heteroatoms. The van der Waals surface area contributed by atoms with Crippen molar-refractivity contribution in [2.75, 3.05) is 31.1 Å². The van der Waals surface area contributed by atoms with Gasteiger partial charge in [-0.2, -0.15) is 5.26 Å². The second-order valence-corrected chi connectivity index (χ2v) is 9.87. The van der Waals surface area contributed by atoms with E-state index in [1.807, 2.05) is 48.5 Å². The zero-order valence-corrected chi connectivity index (χ0v) is 20.8. The monoisotopic (exact) mass is 532 g/mol. The van der Waals surface area contributed by atoms with Crippen LogP contribution in [0.3, 0.4) is 0 Å². The summed E-state index contributed by atoms with van der Waals surface area (Å²) in [6.07, 6.45) is 0.902. The molecule has 2 heterocycles. The number of ether oxygens (including phenoxy) is 1. The Labute approximate surface area is 213 Å². The molecule has 0 unspecified atom stereocenters. The molecule has 5 nitrogen and oxygen atoms in total. The molecule has 0 amide bonds. The van der Waals surface area contributed by atoms with Crippen LogP contribution in [-0.2, 0) is 0 Å². The molecule has 34 heavy (non-hydrogen) atoms. The van der Waals surface area contributed by atoms with E-state index in [1.165, 1.54) is 0 Å². The second kappa shape index (κ2) is 9.68. The minimum atomic E-state index is 0.0631. The van der Waals surface area contributed by atoms with E-state index in [0.717, 1.165) is 53.1 Å². The summed E-state index contributed by atoms with van der Waals surface area (Å²) in [5.74, 6) is 0.815. The van der Waals surface area contributed by atoms with E-state index < -0.39 is 0 Å². The smallest absolute Gasteiger partial charge is 0.190 e. The van der Waals surface area contributed by atoms with Crippen molar-refractivity contribution in [2.24, 2.45) is 0 Å². The van der Waals surface area contributed by atoms with Gasteiger partial charge in [-0.25, -0.2) is 4.85 Å². The predicted octanol–water partition coefficient (Wildman–Crippen LogP) is 6.91. The highest BCUT2D eigenvalue weighted by Crippen LogP contribution is 2.42. The lowest BCUT2D eigenvalue weighted by molar-refractivity contribution is 0.117. The van der Waals surface area contributed by atoms with Gasteiger partial charge in [-0.05, 0) is 42.0 Å². The zero-order chi connectivity index (χ0) is 23.7. The molecule has 0 spiro atoms. The van der Waals surface area contributed by atoms with E-state index in [-0.39, 0.29) is 12.1 Å². The zero-order valence-electron chi connectivity index (χ0n) is 18.4. The Morgan fingerprint density at radius 3 is 2.65 bits per heavy atom. The predicted molar refractivity (Wildman–Crippen MR) is 138 cm³/mol. The molecule has 5 rings (SSSR count). The lowest BCUT2D eigenvalue weighted by Crippen LogP contribution is -2.50. The van der Waals surface area contributed by atoms with Crippen LogP contribution in [0.25, 0.3) is 4.85 Å². The summed E-state index contributed by atoms with van der Waals surface area (Å²) in [5.41, 5.74) is 4.51. The van der Waals surface area contributed by atoms with Crippen molar-refractivity contribution in [3.63, 3.8) is 0 Å². The maximum Gasteiger partial charge on any atom is 0.190 e. The van der Waals surface area contributed by atoms with Crippen molar-refractivity contribution in [1.82, 2.24) is 4.90 Å². The molecule has 2 aliphatic heterocycles. The van der Waals surface area contributed by atoms with E-state index in [4.69, 9.17) is 22.9 Å². The van der Waals surface area contributed by atoms with Crippen LogP contribution in [0.4, 0.5) is 11.4 Å². The second-order valence-electron chi connectivity index (χ2n) is 8.52. The third kappa shape index (κ3) is 4.38. The van der Waals surface area contributed by atoms with E-state index in [9.17, 15) is 5.26 Å². The summed E-state index contributed by atoms with van der Waals surface area (Å²) < 4.78 is 6.80. The van der Waals surface area contributed by atoms with Gasteiger partial charge in [0.1, 0.15) is 11.8 Å². The average molecular weight is 534 g/mol. The summed E-state index contributed by atoms with van der Waals surface area (Å²) in [6.45, 7) is 10.4. The molecule has 0 saturated carbocycles. The highest BCUT2D eigenvalue weighted by atomic mass is 79.9. The van der Waals surface area contributed by atoms with Crippen LogP contribution in [0.1, 0.15) is 35.2 Å². The van der Waals surface area contributed by atoms with Gasteiger partial charge in [-0.3, -0.25) is 4.90 Å². The minimum absolute atomic E-state index is 0.0631. The van der Waals surface area contributed by atoms with Crippen LogP contribution >= 0.6 is 27.5 Å². The van der Waals surface area contributed by atoms with E-state index in [0.29, 0.717) is 22.9 Å². The van der Waals surface area contributed by atoms with Gasteiger partial charge in [0.05, 0.1) is 30.5 Å². The maximum atomic E-state index is 9.81. The molecule has 2 atom stereocenters. The lowest BCUT2D eigenvalue weighted by Gasteiger charge is -2.47. The summed E-state index contributed by atoms with van der Waals surface area (Å²) >= 11 is 9.69. The Kier molecular flexibility index (Phi) is 6.48. The third-order valence-corrected chi connectivity index (χ3v) is 7.38. The summed E-state index contributed by atoms with van der Waals surface area (Å²) in [6, 6.07) is 22.3. The molecule has 3 aromatic rings. The summed E-state index contributed by atoms with van der Waals surface area (Å²) in [5, 5.41) is 10.5. The topological polar surface area (TPSA) is 43.9 Å². The van der Waals surface area contributed by atoms with Gasteiger partial charge in [0.15, 0.2) is 5.69 Å². The van der Waals surface area contributed by atoms with Gasteiger partial charge >= 0.3 is 0 Å². The van der Waals surface area contributed by atoms with Gasteiger partial charge in [0.2, 0.25) is 0 Å². The Balaban J connectivity index is 1.51. The molecule has 0 radical (unpaired) electrons. The molecule has 1 saturated heterocycles. The van der Waals surface area contributed by atoms with Crippen molar-refractivity contribution < 1.29 is 4.74 Å². The highest BCUT2D eigenvalue weighted by Gasteiger charge is 2.35. The van der Waals surface area contributed by atoms with Crippen LogP contribution < -0.4 is 9.64 Å². The Hall–Kier alpha value is -3.03. The van der Waals surface area contributed by atoms with Gasteiger partial charge in [0.25, 0.3) is 0 Å². The number of hydrogen-bond acceptors (Lipinski definition) is 4. The number of piperazine rings is 1. The number of nitriles is 1. The van der Waals surface area contributed by atoms with E-state index in [1.54, 1.807) is 0 Å². The normalized spacial score (nSPS) is 20.1. The molecule has 0 aliphatic carbocycles. The first-order valence-electron chi connectivity index (χ1n) is 11.2.